The highest BCUT2D eigenvalue weighted by atomic mass is 35.5. The Kier molecular flexibility index (Phi) is 6.16. The van der Waals surface area contributed by atoms with Gasteiger partial charge in [0.2, 0.25) is 0 Å². The Morgan fingerprint density at radius 1 is 1.10 bits per heavy atom. The van der Waals surface area contributed by atoms with Gasteiger partial charge in [-0.15, -0.1) is 0 Å². The van der Waals surface area contributed by atoms with Crippen molar-refractivity contribution in [3.8, 4) is 5.75 Å². The zero-order valence-electron chi connectivity index (χ0n) is 16.2. The second kappa shape index (κ2) is 9.15. The van der Waals surface area contributed by atoms with Gasteiger partial charge >= 0.3 is 0 Å². The summed E-state index contributed by atoms with van der Waals surface area (Å²) in [7, 11) is 1.71. The minimum atomic E-state index is -0.0854. The molecule has 0 saturated carbocycles. The number of nitrogens with zero attached hydrogens (tertiary/aromatic N) is 3. The summed E-state index contributed by atoms with van der Waals surface area (Å²) in [6.45, 7) is 0.462. The molecule has 7 heteroatoms. The smallest absolute Gasteiger partial charge is 0.266 e. The third kappa shape index (κ3) is 4.90. The van der Waals surface area contributed by atoms with Gasteiger partial charge in [-0.25, -0.2) is 9.98 Å². The second-order valence-corrected chi connectivity index (χ2v) is 7.99. The van der Waals surface area contributed by atoms with Crippen LogP contribution < -0.4 is 4.74 Å². The van der Waals surface area contributed by atoms with Crippen LogP contribution in [0, 0.1) is 0 Å². The zero-order valence-corrected chi connectivity index (χ0v) is 17.7. The number of benzene rings is 2. The summed E-state index contributed by atoms with van der Waals surface area (Å²) >= 11 is 7.23. The van der Waals surface area contributed by atoms with Crippen molar-refractivity contribution in [3.05, 3.63) is 94.0 Å². The quantitative estimate of drug-likeness (QED) is 0.493. The third-order valence-corrected chi connectivity index (χ3v) is 5.67. The Labute approximate surface area is 184 Å². The van der Waals surface area contributed by atoms with Gasteiger partial charge in [0.25, 0.3) is 5.91 Å². The van der Waals surface area contributed by atoms with Crippen LogP contribution in [0.4, 0.5) is 5.82 Å². The number of hydrogen-bond donors (Lipinski definition) is 0. The maximum Gasteiger partial charge on any atom is 0.266 e. The molecule has 0 atom stereocenters. The number of amidine groups is 1. The van der Waals surface area contributed by atoms with Gasteiger partial charge in [0, 0.05) is 18.3 Å². The molecule has 1 saturated heterocycles. The summed E-state index contributed by atoms with van der Waals surface area (Å²) in [5.74, 6) is 1.24. The Balaban J connectivity index is 1.43. The predicted molar refractivity (Wildman–Crippen MR) is 122 cm³/mol. The molecule has 3 aromatic rings. The summed E-state index contributed by atoms with van der Waals surface area (Å²) in [5.41, 5.74) is 1.96. The number of rotatable bonds is 5. The van der Waals surface area contributed by atoms with E-state index in [4.69, 9.17) is 16.3 Å². The summed E-state index contributed by atoms with van der Waals surface area (Å²) in [6.07, 6.45) is 3.53. The standard InChI is InChI=1S/C23H18ClN3O2S/c1-27-22(28)20(30-23(27)26-21-4-2-3-13-25-21)14-16-7-11-19(12-8-16)29-15-17-5-9-18(24)10-6-17/h2-14H,15H2,1H3/b20-14-,26-23+. The summed E-state index contributed by atoms with van der Waals surface area (Å²) in [4.78, 5) is 23.4. The van der Waals surface area contributed by atoms with Crippen molar-refractivity contribution < 1.29 is 9.53 Å². The molecule has 0 N–H and O–H groups in total. The maximum atomic E-state index is 12.6. The monoisotopic (exact) mass is 435 g/mol. The number of hydrogen-bond acceptors (Lipinski definition) is 5. The van der Waals surface area contributed by atoms with Crippen LogP contribution in [0.15, 0.2) is 82.8 Å². The van der Waals surface area contributed by atoms with Crippen LogP contribution in [0.2, 0.25) is 5.02 Å². The minimum Gasteiger partial charge on any atom is -0.489 e. The molecule has 0 spiro atoms. The first-order chi connectivity index (χ1) is 14.6. The molecule has 30 heavy (non-hydrogen) atoms. The second-order valence-electron chi connectivity index (χ2n) is 6.54. The van der Waals surface area contributed by atoms with Gasteiger partial charge in [0.15, 0.2) is 11.0 Å². The Hall–Kier alpha value is -3.09. The van der Waals surface area contributed by atoms with Crippen LogP contribution in [-0.4, -0.2) is 28.0 Å². The van der Waals surface area contributed by atoms with E-state index in [0.29, 0.717) is 27.5 Å². The lowest BCUT2D eigenvalue weighted by molar-refractivity contribution is -0.121. The number of aliphatic imine (C=N–C) groups is 1. The predicted octanol–water partition coefficient (Wildman–Crippen LogP) is 5.55. The van der Waals surface area contributed by atoms with E-state index >= 15 is 0 Å². The number of amides is 1. The van der Waals surface area contributed by atoms with E-state index in [-0.39, 0.29) is 5.91 Å². The Bertz CT molecular complexity index is 1100. The molecule has 0 radical (unpaired) electrons. The van der Waals surface area contributed by atoms with E-state index in [1.807, 2.05) is 66.7 Å². The van der Waals surface area contributed by atoms with Gasteiger partial charge in [-0.3, -0.25) is 9.69 Å². The number of likely N-dealkylation sites (N-methyl/N-ethyl adjacent to an activating group) is 1. The van der Waals surface area contributed by atoms with Gasteiger partial charge < -0.3 is 4.74 Å². The lowest BCUT2D eigenvalue weighted by Gasteiger charge is -2.07. The van der Waals surface area contributed by atoms with Crippen molar-refractivity contribution >= 4 is 46.3 Å². The van der Waals surface area contributed by atoms with Crippen molar-refractivity contribution in [1.82, 2.24) is 9.88 Å². The molecule has 0 aliphatic carbocycles. The average molecular weight is 436 g/mol. The molecule has 1 amide bonds. The molecule has 5 nitrogen and oxygen atoms in total. The van der Waals surface area contributed by atoms with E-state index in [1.165, 1.54) is 16.7 Å². The fourth-order valence-corrected chi connectivity index (χ4v) is 3.83. The molecule has 150 valence electrons. The topological polar surface area (TPSA) is 54.8 Å². The molecule has 1 aliphatic rings. The van der Waals surface area contributed by atoms with Crippen LogP contribution in [0.25, 0.3) is 6.08 Å². The Morgan fingerprint density at radius 2 is 1.87 bits per heavy atom. The number of ether oxygens (including phenoxy) is 1. The van der Waals surface area contributed by atoms with Gasteiger partial charge in [0.05, 0.1) is 4.91 Å². The number of aromatic nitrogens is 1. The highest BCUT2D eigenvalue weighted by Gasteiger charge is 2.30. The lowest BCUT2D eigenvalue weighted by atomic mass is 10.2. The first-order valence-electron chi connectivity index (χ1n) is 9.23. The molecule has 1 aromatic heterocycles. The first-order valence-corrected chi connectivity index (χ1v) is 10.4. The Morgan fingerprint density at radius 3 is 2.57 bits per heavy atom. The fourth-order valence-electron chi connectivity index (χ4n) is 2.73. The van der Waals surface area contributed by atoms with E-state index in [9.17, 15) is 4.79 Å². The summed E-state index contributed by atoms with van der Waals surface area (Å²) in [6, 6.07) is 20.7. The van der Waals surface area contributed by atoms with Gasteiger partial charge in [0.1, 0.15) is 12.4 Å². The normalized spacial score (nSPS) is 16.5. The van der Waals surface area contributed by atoms with Crippen LogP contribution in [0.1, 0.15) is 11.1 Å². The van der Waals surface area contributed by atoms with E-state index in [0.717, 1.165) is 16.9 Å². The zero-order chi connectivity index (χ0) is 20.9. The lowest BCUT2D eigenvalue weighted by Crippen LogP contribution is -2.23. The van der Waals surface area contributed by atoms with Crippen molar-refractivity contribution in [2.24, 2.45) is 4.99 Å². The van der Waals surface area contributed by atoms with E-state index in [2.05, 4.69) is 9.98 Å². The first kappa shape index (κ1) is 20.2. The number of carbonyl (C=O) groups excluding carboxylic acids is 1. The summed E-state index contributed by atoms with van der Waals surface area (Å²) in [5, 5.41) is 1.31. The fraction of sp³-hybridized carbons (Fsp3) is 0.0870. The van der Waals surface area contributed by atoms with Crippen LogP contribution >= 0.6 is 23.4 Å². The molecule has 2 heterocycles. The van der Waals surface area contributed by atoms with E-state index in [1.54, 1.807) is 19.3 Å². The highest BCUT2D eigenvalue weighted by Crippen LogP contribution is 2.33. The average Bonchev–Trinajstić information content (AvgIpc) is 3.03. The van der Waals surface area contributed by atoms with Crippen LogP contribution in [0.5, 0.6) is 5.75 Å². The molecular formula is C23H18ClN3O2S. The van der Waals surface area contributed by atoms with Crippen molar-refractivity contribution in [3.63, 3.8) is 0 Å². The SMILES string of the molecule is CN1C(=O)/C(=C/c2ccc(OCc3ccc(Cl)cc3)cc2)S/C1=N/c1ccccn1. The van der Waals surface area contributed by atoms with Gasteiger partial charge in [-0.1, -0.05) is 41.9 Å². The molecule has 1 aliphatic heterocycles. The number of halogens is 1. The molecule has 0 unspecified atom stereocenters. The van der Waals surface area contributed by atoms with Gasteiger partial charge in [-0.2, -0.15) is 0 Å². The minimum absolute atomic E-state index is 0.0854. The maximum absolute atomic E-state index is 12.6. The molecule has 2 aromatic carbocycles. The molecule has 1 fully saturated rings. The molecule has 0 bridgehead atoms. The van der Waals surface area contributed by atoms with Gasteiger partial charge in [-0.05, 0) is 65.4 Å². The van der Waals surface area contributed by atoms with Crippen LogP contribution in [0.3, 0.4) is 0 Å². The summed E-state index contributed by atoms with van der Waals surface area (Å²) < 4.78 is 5.81. The third-order valence-electron chi connectivity index (χ3n) is 4.36. The van der Waals surface area contributed by atoms with Crippen LogP contribution in [-0.2, 0) is 11.4 Å². The van der Waals surface area contributed by atoms with Crippen molar-refractivity contribution in [1.29, 1.82) is 0 Å². The molecule has 4 rings (SSSR count). The number of carbonyl (C=O) groups is 1. The van der Waals surface area contributed by atoms with E-state index < -0.39 is 0 Å². The van der Waals surface area contributed by atoms with Crippen molar-refractivity contribution in [2.75, 3.05) is 7.05 Å². The molecular weight excluding hydrogens is 418 g/mol. The number of thioether (sulfide) groups is 1. The number of pyridine rings is 1. The largest absolute Gasteiger partial charge is 0.489 e. The highest BCUT2D eigenvalue weighted by molar-refractivity contribution is 8.18. The van der Waals surface area contributed by atoms with Crippen molar-refractivity contribution in [2.45, 2.75) is 6.61 Å².